The summed E-state index contributed by atoms with van der Waals surface area (Å²) in [5.41, 5.74) is -0.443. The lowest BCUT2D eigenvalue weighted by Crippen LogP contribution is -2.50. The van der Waals surface area contributed by atoms with E-state index in [1.54, 1.807) is 0 Å². The van der Waals surface area contributed by atoms with Gasteiger partial charge in [-0.2, -0.15) is 0 Å². The van der Waals surface area contributed by atoms with E-state index >= 15 is 0 Å². The van der Waals surface area contributed by atoms with Gasteiger partial charge in [0.15, 0.2) is 0 Å². The minimum atomic E-state index is -0.728. The van der Waals surface area contributed by atoms with Crippen molar-refractivity contribution in [3.8, 4) is 12.3 Å². The Balaban J connectivity index is 2.39. The monoisotopic (exact) mass is 295 g/mol. The van der Waals surface area contributed by atoms with E-state index in [4.69, 9.17) is 15.9 Å². The Morgan fingerprint density at radius 3 is 2.62 bits per heavy atom. The van der Waals surface area contributed by atoms with E-state index in [1.165, 1.54) is 7.11 Å². The van der Waals surface area contributed by atoms with Crippen LogP contribution in [0.25, 0.3) is 0 Å². The molecule has 21 heavy (non-hydrogen) atoms. The number of alkyl carbamates (subject to hydrolysis) is 1. The summed E-state index contributed by atoms with van der Waals surface area (Å²) in [4.78, 5) is 23.6. The zero-order valence-electron chi connectivity index (χ0n) is 13.3. The van der Waals surface area contributed by atoms with Crippen molar-refractivity contribution in [2.24, 2.45) is 11.3 Å². The number of amides is 1. The van der Waals surface area contributed by atoms with Crippen molar-refractivity contribution >= 4 is 12.1 Å². The first-order chi connectivity index (χ1) is 9.79. The predicted octanol–water partition coefficient (Wildman–Crippen LogP) is 2.49. The van der Waals surface area contributed by atoms with E-state index < -0.39 is 23.5 Å². The zero-order chi connectivity index (χ0) is 16.0. The van der Waals surface area contributed by atoms with E-state index in [-0.39, 0.29) is 6.10 Å². The van der Waals surface area contributed by atoms with Gasteiger partial charge in [0.2, 0.25) is 0 Å². The first kappa shape index (κ1) is 17.4. The summed E-state index contributed by atoms with van der Waals surface area (Å²) >= 11 is 0. The Kier molecular flexibility index (Phi) is 6.07. The molecule has 1 fully saturated rings. The smallest absolute Gasteiger partial charge is 0.408 e. The summed E-state index contributed by atoms with van der Waals surface area (Å²) in [5, 5.41) is 2.60. The molecule has 0 bridgehead atoms. The Bertz CT molecular complexity index is 419. The highest BCUT2D eigenvalue weighted by Crippen LogP contribution is 2.38. The molecule has 0 spiro atoms. The van der Waals surface area contributed by atoms with Crippen molar-refractivity contribution in [3.63, 3.8) is 0 Å². The standard InChI is InChI=1S/C16H25NO4/c1-6-7-8-9-11-10-12(11)21-15(19)17-13(14(18)20-5)16(2,3)4/h1,11-13H,7-10H2,2-5H3,(H,17,19)/t11-,12-,13-/m1/s1. The molecule has 1 amide bonds. The number of ether oxygens (including phenoxy) is 2. The first-order valence-corrected chi connectivity index (χ1v) is 7.28. The fourth-order valence-electron chi connectivity index (χ4n) is 2.17. The van der Waals surface area contributed by atoms with Crippen LogP contribution in [0.2, 0.25) is 0 Å². The highest BCUT2D eigenvalue weighted by Gasteiger charge is 2.41. The van der Waals surface area contributed by atoms with Crippen molar-refractivity contribution in [1.29, 1.82) is 0 Å². The van der Waals surface area contributed by atoms with Gasteiger partial charge in [0, 0.05) is 6.42 Å². The number of unbranched alkanes of at least 4 members (excludes halogenated alkanes) is 1. The molecule has 0 saturated heterocycles. The molecule has 5 heteroatoms. The Labute approximate surface area is 126 Å². The predicted molar refractivity (Wildman–Crippen MR) is 79.5 cm³/mol. The second-order valence-corrected chi connectivity index (χ2v) is 6.50. The Morgan fingerprint density at radius 1 is 1.43 bits per heavy atom. The van der Waals surface area contributed by atoms with Crippen LogP contribution in [0.1, 0.15) is 46.5 Å². The number of carbonyl (C=O) groups excluding carboxylic acids is 2. The van der Waals surface area contributed by atoms with E-state index in [0.717, 1.165) is 25.7 Å². The second kappa shape index (κ2) is 7.35. The van der Waals surface area contributed by atoms with Gasteiger partial charge in [0.05, 0.1) is 7.11 Å². The van der Waals surface area contributed by atoms with Crippen molar-refractivity contribution in [2.75, 3.05) is 7.11 Å². The molecule has 1 saturated carbocycles. The highest BCUT2D eigenvalue weighted by molar-refractivity contribution is 5.82. The number of carbonyl (C=O) groups is 2. The van der Waals surface area contributed by atoms with Crippen molar-refractivity contribution < 1.29 is 19.1 Å². The molecule has 5 nitrogen and oxygen atoms in total. The number of hydrogen-bond acceptors (Lipinski definition) is 4. The summed E-state index contributed by atoms with van der Waals surface area (Å²) < 4.78 is 10.0. The maximum absolute atomic E-state index is 11.9. The van der Waals surface area contributed by atoms with Gasteiger partial charge >= 0.3 is 12.1 Å². The molecule has 0 aliphatic heterocycles. The molecule has 0 unspecified atom stereocenters. The largest absolute Gasteiger partial charge is 0.467 e. The Morgan fingerprint density at radius 2 is 2.10 bits per heavy atom. The van der Waals surface area contributed by atoms with Gasteiger partial charge in [-0.25, -0.2) is 9.59 Å². The van der Waals surface area contributed by atoms with Gasteiger partial charge in [-0.3, -0.25) is 0 Å². The molecule has 0 aromatic carbocycles. The first-order valence-electron chi connectivity index (χ1n) is 7.28. The van der Waals surface area contributed by atoms with Crippen molar-refractivity contribution in [3.05, 3.63) is 0 Å². The van der Waals surface area contributed by atoms with Crippen LogP contribution in [0, 0.1) is 23.7 Å². The van der Waals surface area contributed by atoms with Crippen molar-refractivity contribution in [2.45, 2.75) is 58.6 Å². The zero-order valence-corrected chi connectivity index (χ0v) is 13.3. The third kappa shape index (κ3) is 5.66. The topological polar surface area (TPSA) is 64.6 Å². The minimum Gasteiger partial charge on any atom is -0.467 e. The van der Waals surface area contributed by atoms with Gasteiger partial charge in [0.25, 0.3) is 0 Å². The van der Waals surface area contributed by atoms with E-state index in [0.29, 0.717) is 5.92 Å². The van der Waals surface area contributed by atoms with Crippen LogP contribution in [-0.4, -0.2) is 31.3 Å². The maximum Gasteiger partial charge on any atom is 0.408 e. The molecule has 118 valence electrons. The SMILES string of the molecule is C#CCCC[C@@H]1C[C@H]1OC(=O)N[C@H](C(=O)OC)C(C)(C)C. The lowest BCUT2D eigenvalue weighted by atomic mass is 9.87. The van der Waals surface area contributed by atoms with Gasteiger partial charge in [-0.1, -0.05) is 20.8 Å². The van der Waals surface area contributed by atoms with Crippen LogP contribution in [0.3, 0.4) is 0 Å². The lowest BCUT2D eigenvalue weighted by molar-refractivity contribution is -0.145. The number of esters is 1. The molecular formula is C16H25NO4. The number of methoxy groups -OCH3 is 1. The molecule has 1 aliphatic rings. The van der Waals surface area contributed by atoms with E-state index in [2.05, 4.69) is 11.2 Å². The number of nitrogens with one attached hydrogen (secondary N) is 1. The summed E-state index contributed by atoms with van der Waals surface area (Å²) in [6.45, 7) is 5.57. The number of terminal acetylenes is 1. The van der Waals surface area contributed by atoms with Crippen LogP contribution in [0.15, 0.2) is 0 Å². The van der Waals surface area contributed by atoms with E-state index in [1.807, 2.05) is 20.8 Å². The minimum absolute atomic E-state index is 0.0546. The number of hydrogen-bond donors (Lipinski definition) is 1. The third-order valence-electron chi connectivity index (χ3n) is 3.58. The van der Waals surface area contributed by atoms with Gasteiger partial charge in [-0.05, 0) is 30.6 Å². The normalized spacial score (nSPS) is 21.9. The van der Waals surface area contributed by atoms with Crippen LogP contribution in [0.4, 0.5) is 4.79 Å². The van der Waals surface area contributed by atoms with Gasteiger partial charge in [0.1, 0.15) is 12.1 Å². The van der Waals surface area contributed by atoms with Crippen LogP contribution in [-0.2, 0) is 14.3 Å². The molecule has 1 aliphatic carbocycles. The molecule has 3 atom stereocenters. The summed E-state index contributed by atoms with van der Waals surface area (Å²) in [7, 11) is 1.30. The highest BCUT2D eigenvalue weighted by atomic mass is 16.6. The maximum atomic E-state index is 11.9. The summed E-state index contributed by atoms with van der Waals surface area (Å²) in [6, 6.07) is -0.728. The summed E-state index contributed by atoms with van der Waals surface area (Å²) in [5.74, 6) is 2.52. The molecule has 1 rings (SSSR count). The molecule has 0 heterocycles. The van der Waals surface area contributed by atoms with Crippen LogP contribution < -0.4 is 5.32 Å². The molecular weight excluding hydrogens is 270 g/mol. The average molecular weight is 295 g/mol. The lowest BCUT2D eigenvalue weighted by Gasteiger charge is -2.28. The molecule has 1 N–H and O–H groups in total. The fourth-order valence-corrected chi connectivity index (χ4v) is 2.17. The van der Waals surface area contributed by atoms with Gasteiger partial charge in [-0.15, -0.1) is 12.3 Å². The number of rotatable bonds is 6. The van der Waals surface area contributed by atoms with Crippen molar-refractivity contribution in [1.82, 2.24) is 5.32 Å². The second-order valence-electron chi connectivity index (χ2n) is 6.50. The van der Waals surface area contributed by atoms with Crippen LogP contribution in [0.5, 0.6) is 0 Å². The third-order valence-corrected chi connectivity index (χ3v) is 3.58. The van der Waals surface area contributed by atoms with E-state index in [9.17, 15) is 9.59 Å². The molecule has 0 aromatic rings. The molecule has 0 radical (unpaired) electrons. The average Bonchev–Trinajstić information content (AvgIpc) is 3.12. The summed E-state index contributed by atoms with van der Waals surface area (Å²) in [6.07, 6.45) is 8.13. The Hall–Kier alpha value is -1.70. The van der Waals surface area contributed by atoms with Gasteiger partial charge < -0.3 is 14.8 Å². The quantitative estimate of drug-likeness (QED) is 0.464. The van der Waals surface area contributed by atoms with Crippen LogP contribution >= 0.6 is 0 Å². The fraction of sp³-hybridized carbons (Fsp3) is 0.750. The molecule has 0 aromatic heterocycles.